The van der Waals surface area contributed by atoms with Gasteiger partial charge in [-0.15, -0.1) is 0 Å². The predicted molar refractivity (Wildman–Crippen MR) is 128 cm³/mol. The summed E-state index contributed by atoms with van der Waals surface area (Å²) < 4.78 is 6.84. The molecule has 0 atom stereocenters. The van der Waals surface area contributed by atoms with E-state index in [0.29, 0.717) is 19.7 Å². The lowest BCUT2D eigenvalue weighted by molar-refractivity contribution is -0.138. The Kier molecular flexibility index (Phi) is 7.86. The topological polar surface area (TPSA) is 68.0 Å². The maximum atomic E-state index is 12.0. The second kappa shape index (κ2) is 11.2. The number of carbonyl (C=O) groups is 1. The lowest BCUT2D eigenvalue weighted by Gasteiger charge is -2.38. The van der Waals surface area contributed by atoms with Crippen LogP contribution in [-0.4, -0.2) is 61.6 Å². The Balaban J connectivity index is 1.54. The molecule has 0 radical (unpaired) electrons. The van der Waals surface area contributed by atoms with Gasteiger partial charge in [-0.3, -0.25) is 14.5 Å². The molecule has 0 spiro atoms. The van der Waals surface area contributed by atoms with Crippen LogP contribution in [0, 0.1) is 0 Å². The Morgan fingerprint density at radius 3 is 1.64 bits per heavy atom. The van der Waals surface area contributed by atoms with Crippen LogP contribution in [0.1, 0.15) is 16.7 Å². The molecule has 2 N–H and O–H groups in total. The molecule has 1 aliphatic heterocycles. The first-order valence-corrected chi connectivity index (χ1v) is 11.4. The summed E-state index contributed by atoms with van der Waals surface area (Å²) in [5.74, 6) is 4.97. The summed E-state index contributed by atoms with van der Waals surface area (Å²) >= 11 is 0. The number of amides is 1. The van der Waals surface area contributed by atoms with Crippen LogP contribution in [-0.2, 0) is 20.0 Å². The highest BCUT2D eigenvalue weighted by Crippen LogP contribution is 2.40. The van der Waals surface area contributed by atoms with Gasteiger partial charge in [0.15, 0.2) is 0 Å². The van der Waals surface area contributed by atoms with E-state index in [-0.39, 0.29) is 12.5 Å². The Morgan fingerprint density at radius 2 is 1.21 bits per heavy atom. The average molecular weight is 446 g/mol. The number of benzene rings is 3. The van der Waals surface area contributed by atoms with E-state index in [4.69, 9.17) is 10.6 Å². The van der Waals surface area contributed by atoms with Crippen molar-refractivity contribution in [2.24, 2.45) is 5.90 Å². The van der Waals surface area contributed by atoms with Crippen LogP contribution in [0.3, 0.4) is 0 Å². The number of piperazine rings is 1. The van der Waals surface area contributed by atoms with Gasteiger partial charge in [0, 0.05) is 32.7 Å². The van der Waals surface area contributed by atoms with E-state index < -0.39 is 5.60 Å². The van der Waals surface area contributed by atoms with Crippen molar-refractivity contribution in [2.45, 2.75) is 5.60 Å². The third kappa shape index (κ3) is 5.31. The Bertz CT molecular complexity index is 894. The van der Waals surface area contributed by atoms with E-state index >= 15 is 0 Å². The molecule has 6 heteroatoms. The monoisotopic (exact) mass is 445 g/mol. The smallest absolute Gasteiger partial charge is 0.250 e. The quantitative estimate of drug-likeness (QED) is 0.405. The predicted octanol–water partition coefficient (Wildman–Crippen LogP) is 3.03. The summed E-state index contributed by atoms with van der Waals surface area (Å²) in [6.45, 7) is 4.20. The number of ether oxygens (including phenoxy) is 1. The lowest BCUT2D eigenvalue weighted by Crippen LogP contribution is -2.50. The molecular formula is C27H31N3O3. The van der Waals surface area contributed by atoms with E-state index in [0.717, 1.165) is 36.3 Å². The van der Waals surface area contributed by atoms with Gasteiger partial charge in [-0.25, -0.2) is 5.90 Å². The summed E-state index contributed by atoms with van der Waals surface area (Å²) in [6, 6.07) is 31.2. The molecule has 3 aromatic rings. The van der Waals surface area contributed by atoms with Crippen molar-refractivity contribution in [3.63, 3.8) is 0 Å². The fourth-order valence-electron chi connectivity index (χ4n) is 4.48. The molecule has 3 aromatic carbocycles. The number of nitrogens with zero attached hydrogens (tertiary/aromatic N) is 2. The largest absolute Gasteiger partial charge is 0.360 e. The number of hydrogen-bond donors (Lipinski definition) is 1. The number of hydrogen-bond acceptors (Lipinski definition) is 5. The van der Waals surface area contributed by atoms with Crippen LogP contribution in [0.15, 0.2) is 91.0 Å². The summed E-state index contributed by atoms with van der Waals surface area (Å²) in [5.41, 5.74) is 2.58. The second-order valence-electron chi connectivity index (χ2n) is 8.16. The molecule has 4 rings (SSSR count). The number of carbonyl (C=O) groups excluding carboxylic acids is 1. The molecule has 1 saturated heterocycles. The van der Waals surface area contributed by atoms with Crippen LogP contribution in [0.4, 0.5) is 0 Å². The highest BCUT2D eigenvalue weighted by Gasteiger charge is 2.37. The van der Waals surface area contributed by atoms with Gasteiger partial charge in [0.1, 0.15) is 12.2 Å². The fourth-order valence-corrected chi connectivity index (χ4v) is 4.48. The third-order valence-corrected chi connectivity index (χ3v) is 6.20. The van der Waals surface area contributed by atoms with E-state index in [9.17, 15) is 4.79 Å². The normalized spacial score (nSPS) is 14.9. The fraction of sp³-hybridized carbons (Fsp3) is 0.296. The van der Waals surface area contributed by atoms with Crippen LogP contribution in [0.2, 0.25) is 0 Å². The molecule has 1 heterocycles. The number of rotatable bonds is 9. The highest BCUT2D eigenvalue weighted by atomic mass is 16.6. The van der Waals surface area contributed by atoms with E-state index in [2.05, 4.69) is 82.5 Å². The SMILES string of the molecule is NOCC(=O)N1CCN(CCOC(c2ccccc2)(c2ccccc2)c2ccccc2)CC1. The van der Waals surface area contributed by atoms with Gasteiger partial charge in [0.25, 0.3) is 5.91 Å². The highest BCUT2D eigenvalue weighted by molar-refractivity contribution is 5.77. The Morgan fingerprint density at radius 1 is 0.758 bits per heavy atom. The van der Waals surface area contributed by atoms with E-state index in [1.54, 1.807) is 4.90 Å². The van der Waals surface area contributed by atoms with Gasteiger partial charge >= 0.3 is 0 Å². The van der Waals surface area contributed by atoms with Crippen molar-refractivity contribution in [2.75, 3.05) is 45.9 Å². The molecule has 1 fully saturated rings. The molecule has 33 heavy (non-hydrogen) atoms. The maximum absolute atomic E-state index is 12.0. The van der Waals surface area contributed by atoms with Crippen molar-refractivity contribution in [3.8, 4) is 0 Å². The van der Waals surface area contributed by atoms with Gasteiger partial charge in [-0.1, -0.05) is 91.0 Å². The summed E-state index contributed by atoms with van der Waals surface area (Å²) in [7, 11) is 0. The van der Waals surface area contributed by atoms with Gasteiger partial charge in [-0.05, 0) is 16.7 Å². The zero-order valence-corrected chi connectivity index (χ0v) is 18.8. The summed E-state index contributed by atoms with van der Waals surface area (Å²) in [6.07, 6.45) is 0. The van der Waals surface area contributed by atoms with E-state index in [1.165, 1.54) is 0 Å². The zero-order valence-electron chi connectivity index (χ0n) is 18.8. The first-order chi connectivity index (χ1) is 16.2. The van der Waals surface area contributed by atoms with E-state index in [1.807, 2.05) is 18.2 Å². The molecular weight excluding hydrogens is 414 g/mol. The summed E-state index contributed by atoms with van der Waals surface area (Å²) in [5, 5.41) is 0. The van der Waals surface area contributed by atoms with Crippen molar-refractivity contribution in [1.29, 1.82) is 0 Å². The minimum atomic E-state index is -0.708. The molecule has 0 aromatic heterocycles. The minimum absolute atomic E-state index is 0.0651. The molecule has 6 nitrogen and oxygen atoms in total. The second-order valence-corrected chi connectivity index (χ2v) is 8.16. The van der Waals surface area contributed by atoms with Crippen molar-refractivity contribution in [3.05, 3.63) is 108 Å². The Hall–Kier alpha value is -3.03. The lowest BCUT2D eigenvalue weighted by atomic mass is 9.80. The minimum Gasteiger partial charge on any atom is -0.360 e. The van der Waals surface area contributed by atoms with Gasteiger partial charge in [-0.2, -0.15) is 0 Å². The van der Waals surface area contributed by atoms with Crippen molar-refractivity contribution in [1.82, 2.24) is 9.80 Å². The third-order valence-electron chi connectivity index (χ3n) is 6.20. The average Bonchev–Trinajstić information content (AvgIpc) is 2.89. The van der Waals surface area contributed by atoms with Crippen molar-refractivity contribution < 1.29 is 14.4 Å². The molecule has 0 aliphatic carbocycles. The molecule has 172 valence electrons. The van der Waals surface area contributed by atoms with Gasteiger partial charge in [0.05, 0.1) is 6.61 Å². The standard InChI is InChI=1S/C27H31N3O3/c28-33-22-26(31)30-18-16-29(17-19-30)20-21-32-27(23-10-4-1-5-11-23,24-12-6-2-7-13-24)25-14-8-3-9-15-25/h1-15H,16-22,28H2. The molecule has 0 unspecified atom stereocenters. The zero-order chi connectivity index (χ0) is 22.9. The Labute approximate surface area is 195 Å². The van der Waals surface area contributed by atoms with Crippen LogP contribution in [0.5, 0.6) is 0 Å². The van der Waals surface area contributed by atoms with Gasteiger partial charge in [0.2, 0.25) is 0 Å². The maximum Gasteiger partial charge on any atom is 0.250 e. The van der Waals surface area contributed by atoms with Crippen molar-refractivity contribution >= 4 is 5.91 Å². The first kappa shape index (κ1) is 23.1. The van der Waals surface area contributed by atoms with Crippen LogP contribution in [0.25, 0.3) is 0 Å². The number of nitrogens with two attached hydrogens (primary N) is 1. The van der Waals surface area contributed by atoms with Crippen LogP contribution < -0.4 is 5.90 Å². The van der Waals surface area contributed by atoms with Gasteiger partial charge < -0.3 is 9.64 Å². The van der Waals surface area contributed by atoms with Crippen LogP contribution >= 0.6 is 0 Å². The molecule has 0 bridgehead atoms. The molecule has 1 aliphatic rings. The molecule has 1 amide bonds. The molecule has 0 saturated carbocycles. The first-order valence-electron chi connectivity index (χ1n) is 11.4. The summed E-state index contributed by atoms with van der Waals surface area (Å²) in [4.78, 5) is 20.6.